The molecule has 0 unspecified atom stereocenters. The van der Waals surface area contributed by atoms with Crippen molar-refractivity contribution in [3.63, 3.8) is 0 Å². The maximum Gasteiger partial charge on any atom is 0.314 e. The smallest absolute Gasteiger partial charge is 0.314 e. The quantitative estimate of drug-likeness (QED) is 0.640. The lowest BCUT2D eigenvalue weighted by molar-refractivity contribution is -0.385. The monoisotopic (exact) mass is 338 g/mol. The van der Waals surface area contributed by atoms with Crippen LogP contribution in [-0.2, 0) is 10.0 Å². The Kier molecular flexibility index (Phi) is 4.70. The molecule has 2 aromatic rings. The van der Waals surface area contributed by atoms with Gasteiger partial charge in [-0.15, -0.1) is 0 Å². The topological polar surface area (TPSA) is 108 Å². The third kappa shape index (κ3) is 3.51. The number of methoxy groups -OCH3 is 2. The van der Waals surface area contributed by atoms with Gasteiger partial charge in [0.05, 0.1) is 35.8 Å². The number of ether oxygens (including phenoxy) is 2. The van der Waals surface area contributed by atoms with E-state index in [-0.39, 0.29) is 27.8 Å². The standard InChI is InChI=1S/C14H14N2O6S/c1-21-13-9-12(16(17)18)14(22-2)8-11(13)15-23(19,20)10-6-4-3-5-7-10/h3-9,15H,1-2H3. The summed E-state index contributed by atoms with van der Waals surface area (Å²) in [6.07, 6.45) is 0. The molecule has 0 spiro atoms. The summed E-state index contributed by atoms with van der Waals surface area (Å²) in [4.78, 5) is 10.4. The van der Waals surface area contributed by atoms with Crippen molar-refractivity contribution in [2.45, 2.75) is 4.90 Å². The number of nitrogens with zero attached hydrogens (tertiary/aromatic N) is 1. The molecule has 2 aromatic carbocycles. The summed E-state index contributed by atoms with van der Waals surface area (Å²) in [5.74, 6) is -0.0708. The van der Waals surface area contributed by atoms with Crippen molar-refractivity contribution in [1.82, 2.24) is 0 Å². The zero-order valence-corrected chi connectivity index (χ0v) is 13.2. The van der Waals surface area contributed by atoms with Crippen LogP contribution in [0.5, 0.6) is 11.5 Å². The first-order valence-electron chi connectivity index (χ1n) is 6.37. The van der Waals surface area contributed by atoms with E-state index in [1.54, 1.807) is 18.2 Å². The molecular weight excluding hydrogens is 324 g/mol. The maximum absolute atomic E-state index is 12.3. The number of nitro benzene ring substituents is 1. The van der Waals surface area contributed by atoms with Crippen molar-refractivity contribution in [2.75, 3.05) is 18.9 Å². The fraction of sp³-hybridized carbons (Fsp3) is 0.143. The maximum atomic E-state index is 12.3. The minimum atomic E-state index is -3.86. The number of nitrogens with one attached hydrogen (secondary N) is 1. The van der Waals surface area contributed by atoms with E-state index in [0.717, 1.165) is 6.07 Å². The summed E-state index contributed by atoms with van der Waals surface area (Å²) in [6.45, 7) is 0. The molecule has 0 aromatic heterocycles. The van der Waals surface area contributed by atoms with Gasteiger partial charge in [-0.05, 0) is 12.1 Å². The highest BCUT2D eigenvalue weighted by Gasteiger charge is 2.23. The van der Waals surface area contributed by atoms with E-state index in [2.05, 4.69) is 4.72 Å². The van der Waals surface area contributed by atoms with E-state index in [1.165, 1.54) is 32.4 Å². The summed E-state index contributed by atoms with van der Waals surface area (Å²) in [6, 6.07) is 10.0. The molecule has 0 aliphatic carbocycles. The first-order chi connectivity index (χ1) is 10.9. The molecule has 0 saturated carbocycles. The lowest BCUT2D eigenvalue weighted by Gasteiger charge is -2.13. The Morgan fingerprint density at radius 3 is 2.17 bits per heavy atom. The van der Waals surface area contributed by atoms with Crippen LogP contribution in [-0.4, -0.2) is 27.6 Å². The summed E-state index contributed by atoms with van der Waals surface area (Å²) in [5, 5.41) is 11.0. The van der Waals surface area contributed by atoms with Crippen LogP contribution >= 0.6 is 0 Å². The highest BCUT2D eigenvalue weighted by molar-refractivity contribution is 7.92. The first-order valence-corrected chi connectivity index (χ1v) is 7.85. The average molecular weight is 338 g/mol. The summed E-state index contributed by atoms with van der Waals surface area (Å²) in [7, 11) is -1.32. The number of rotatable bonds is 6. The molecule has 122 valence electrons. The Morgan fingerprint density at radius 1 is 1.04 bits per heavy atom. The van der Waals surface area contributed by atoms with E-state index in [1.807, 2.05) is 0 Å². The van der Waals surface area contributed by atoms with Gasteiger partial charge in [-0.3, -0.25) is 14.8 Å². The number of hydrogen-bond acceptors (Lipinski definition) is 6. The van der Waals surface area contributed by atoms with E-state index in [4.69, 9.17) is 9.47 Å². The Labute approximate surface area is 132 Å². The molecule has 0 bridgehead atoms. The molecule has 0 radical (unpaired) electrons. The van der Waals surface area contributed by atoms with Crippen LogP contribution in [0.3, 0.4) is 0 Å². The van der Waals surface area contributed by atoms with Crippen molar-refractivity contribution < 1.29 is 22.8 Å². The van der Waals surface area contributed by atoms with Crippen molar-refractivity contribution in [2.24, 2.45) is 0 Å². The molecule has 8 nitrogen and oxygen atoms in total. The lowest BCUT2D eigenvalue weighted by atomic mass is 10.2. The molecular formula is C14H14N2O6S. The van der Waals surface area contributed by atoms with Gasteiger partial charge in [-0.1, -0.05) is 18.2 Å². The minimum absolute atomic E-state index is 0.0111. The van der Waals surface area contributed by atoms with Gasteiger partial charge in [0.15, 0.2) is 5.75 Å². The van der Waals surface area contributed by atoms with Crippen molar-refractivity contribution in [3.05, 3.63) is 52.6 Å². The summed E-state index contributed by atoms with van der Waals surface area (Å²) >= 11 is 0. The molecule has 0 saturated heterocycles. The van der Waals surface area contributed by atoms with Crippen LogP contribution in [0.15, 0.2) is 47.4 Å². The number of sulfonamides is 1. The molecule has 0 aliphatic rings. The molecule has 1 N–H and O–H groups in total. The normalized spacial score (nSPS) is 10.9. The van der Waals surface area contributed by atoms with Crippen LogP contribution in [0.1, 0.15) is 0 Å². The first kappa shape index (κ1) is 16.6. The van der Waals surface area contributed by atoms with Crippen LogP contribution < -0.4 is 14.2 Å². The second-order valence-electron chi connectivity index (χ2n) is 4.40. The Bertz CT molecular complexity index is 821. The Morgan fingerprint density at radius 2 is 1.65 bits per heavy atom. The number of benzene rings is 2. The molecule has 0 heterocycles. The van der Waals surface area contributed by atoms with Crippen molar-refractivity contribution in [1.29, 1.82) is 0 Å². The molecule has 9 heteroatoms. The molecule has 0 aliphatic heterocycles. The Hall–Kier alpha value is -2.81. The average Bonchev–Trinajstić information content (AvgIpc) is 2.54. The summed E-state index contributed by atoms with van der Waals surface area (Å²) in [5.41, 5.74) is -0.286. The second-order valence-corrected chi connectivity index (χ2v) is 6.08. The number of nitro groups is 1. The van der Waals surface area contributed by atoms with Crippen LogP contribution in [0.2, 0.25) is 0 Å². The van der Waals surface area contributed by atoms with Gasteiger partial charge in [0, 0.05) is 6.07 Å². The molecule has 23 heavy (non-hydrogen) atoms. The van der Waals surface area contributed by atoms with E-state index >= 15 is 0 Å². The second kappa shape index (κ2) is 6.53. The van der Waals surface area contributed by atoms with Gasteiger partial charge in [-0.2, -0.15) is 0 Å². The van der Waals surface area contributed by atoms with Gasteiger partial charge in [0.1, 0.15) is 5.75 Å². The molecule has 2 rings (SSSR count). The lowest BCUT2D eigenvalue weighted by Crippen LogP contribution is -2.13. The van der Waals surface area contributed by atoms with Crippen LogP contribution in [0, 0.1) is 10.1 Å². The number of hydrogen-bond donors (Lipinski definition) is 1. The van der Waals surface area contributed by atoms with E-state index in [9.17, 15) is 18.5 Å². The van der Waals surface area contributed by atoms with Gasteiger partial charge in [0.2, 0.25) is 0 Å². The number of anilines is 1. The third-order valence-electron chi connectivity index (χ3n) is 3.00. The predicted molar refractivity (Wildman–Crippen MR) is 83.5 cm³/mol. The SMILES string of the molecule is COc1cc([N+](=O)[O-])c(OC)cc1NS(=O)(=O)c1ccccc1. The third-order valence-corrected chi connectivity index (χ3v) is 4.38. The van der Waals surface area contributed by atoms with Crippen LogP contribution in [0.4, 0.5) is 11.4 Å². The zero-order chi connectivity index (χ0) is 17.0. The fourth-order valence-corrected chi connectivity index (χ4v) is 2.99. The van der Waals surface area contributed by atoms with Crippen molar-refractivity contribution >= 4 is 21.4 Å². The van der Waals surface area contributed by atoms with Crippen molar-refractivity contribution in [3.8, 4) is 11.5 Å². The highest BCUT2D eigenvalue weighted by atomic mass is 32.2. The van der Waals surface area contributed by atoms with Gasteiger partial charge < -0.3 is 9.47 Å². The Balaban J connectivity index is 2.49. The van der Waals surface area contributed by atoms with Gasteiger partial charge >= 0.3 is 5.69 Å². The van der Waals surface area contributed by atoms with E-state index in [0.29, 0.717) is 0 Å². The van der Waals surface area contributed by atoms with Crippen LogP contribution in [0.25, 0.3) is 0 Å². The summed E-state index contributed by atoms with van der Waals surface area (Å²) < 4.78 is 37.0. The molecule has 0 amide bonds. The zero-order valence-electron chi connectivity index (χ0n) is 12.3. The predicted octanol–water partition coefficient (Wildman–Crippen LogP) is 2.41. The largest absolute Gasteiger partial charge is 0.494 e. The minimum Gasteiger partial charge on any atom is -0.494 e. The fourth-order valence-electron chi connectivity index (χ4n) is 1.91. The molecule has 0 fully saturated rings. The van der Waals surface area contributed by atoms with Gasteiger partial charge in [-0.25, -0.2) is 8.42 Å². The molecule has 0 atom stereocenters. The highest BCUT2D eigenvalue weighted by Crippen LogP contribution is 2.38. The van der Waals surface area contributed by atoms with E-state index < -0.39 is 14.9 Å². The van der Waals surface area contributed by atoms with Gasteiger partial charge in [0.25, 0.3) is 10.0 Å².